The first kappa shape index (κ1) is 14.5. The minimum absolute atomic E-state index is 0.0142. The van der Waals surface area contributed by atoms with Crippen molar-refractivity contribution in [3.8, 4) is 11.4 Å². The molecule has 0 fully saturated rings. The average molecular weight is 335 g/mol. The van der Waals surface area contributed by atoms with Crippen LogP contribution in [-0.4, -0.2) is 26.1 Å². The molecule has 4 rings (SSSR count). The van der Waals surface area contributed by atoms with Crippen molar-refractivity contribution in [2.45, 2.75) is 6.54 Å². The molecule has 0 aliphatic carbocycles. The highest BCUT2D eigenvalue weighted by Gasteiger charge is 2.10. The minimum atomic E-state index is -0.194. The van der Waals surface area contributed by atoms with Crippen LogP contribution in [0, 0.1) is 0 Å². The predicted molar refractivity (Wildman–Crippen MR) is 93.7 cm³/mol. The van der Waals surface area contributed by atoms with Gasteiger partial charge >= 0.3 is 0 Å². The van der Waals surface area contributed by atoms with Crippen LogP contribution in [0.2, 0.25) is 0 Å². The topological polar surface area (TPSA) is 72.7 Å². The third-order valence-electron chi connectivity index (χ3n) is 3.58. The Balaban J connectivity index is 1.50. The van der Waals surface area contributed by atoms with E-state index in [1.54, 1.807) is 11.3 Å². The number of amides is 1. The van der Waals surface area contributed by atoms with Crippen molar-refractivity contribution < 1.29 is 4.79 Å². The highest BCUT2D eigenvalue weighted by Crippen LogP contribution is 2.23. The summed E-state index contributed by atoms with van der Waals surface area (Å²) in [5.74, 6) is 0.329. The number of nitrogens with one attached hydrogen (secondary N) is 1. The zero-order valence-corrected chi connectivity index (χ0v) is 13.4. The van der Waals surface area contributed by atoms with Gasteiger partial charge in [-0.25, -0.2) is 0 Å². The lowest BCUT2D eigenvalue weighted by Gasteiger charge is -2.08. The fraction of sp³-hybridized carbons (Fsp3) is 0.0588. The van der Waals surface area contributed by atoms with Crippen LogP contribution >= 0.6 is 11.3 Å². The molecule has 2 heterocycles. The first-order valence-electron chi connectivity index (χ1n) is 7.37. The maximum absolute atomic E-state index is 12.3. The van der Waals surface area contributed by atoms with Gasteiger partial charge < -0.3 is 5.32 Å². The number of rotatable bonds is 4. The summed E-state index contributed by atoms with van der Waals surface area (Å²) in [5, 5.41) is 21.0. The molecule has 0 saturated carbocycles. The Bertz CT molecular complexity index is 988. The van der Waals surface area contributed by atoms with Crippen molar-refractivity contribution >= 4 is 33.7 Å². The molecule has 0 saturated heterocycles. The van der Waals surface area contributed by atoms with Crippen LogP contribution in [0.3, 0.4) is 0 Å². The number of benzene rings is 2. The van der Waals surface area contributed by atoms with Gasteiger partial charge in [0, 0.05) is 22.0 Å². The molecule has 1 N–H and O–H groups in total. The molecule has 0 spiro atoms. The van der Waals surface area contributed by atoms with E-state index in [9.17, 15) is 4.79 Å². The summed E-state index contributed by atoms with van der Waals surface area (Å²) in [4.78, 5) is 13.6. The van der Waals surface area contributed by atoms with Crippen LogP contribution < -0.4 is 5.32 Å². The predicted octanol–water partition coefficient (Wildman–Crippen LogP) is 3.19. The second-order valence-corrected chi connectivity index (χ2v) is 6.01. The molecule has 0 radical (unpaired) electrons. The van der Waals surface area contributed by atoms with Crippen molar-refractivity contribution in [1.82, 2.24) is 20.2 Å². The Morgan fingerprint density at radius 3 is 2.88 bits per heavy atom. The van der Waals surface area contributed by atoms with Crippen LogP contribution in [0.4, 0.5) is 5.69 Å². The molecular formula is C17H13N5OS. The first-order valence-corrected chi connectivity index (χ1v) is 8.32. The van der Waals surface area contributed by atoms with Crippen molar-refractivity contribution in [2.24, 2.45) is 0 Å². The van der Waals surface area contributed by atoms with E-state index < -0.39 is 0 Å². The molecule has 0 aliphatic rings. The largest absolute Gasteiger partial charge is 0.324 e. The molecule has 0 aliphatic heterocycles. The average Bonchev–Trinajstić information content (AvgIpc) is 3.26. The van der Waals surface area contributed by atoms with E-state index in [1.807, 2.05) is 59.3 Å². The van der Waals surface area contributed by atoms with Gasteiger partial charge in [-0.2, -0.15) is 16.1 Å². The molecule has 0 atom stereocenters. The minimum Gasteiger partial charge on any atom is -0.324 e. The van der Waals surface area contributed by atoms with E-state index in [4.69, 9.17) is 0 Å². The lowest BCUT2D eigenvalue weighted by molar-refractivity contribution is -0.117. The standard InChI is InChI=1S/C17H13N5OS/c23-16(10-22-20-17(19-21-22)13-8-9-24-11-13)18-15-7-3-5-12-4-1-2-6-14(12)15/h1-9,11H,10H2,(H,18,23). The van der Waals surface area contributed by atoms with E-state index in [0.29, 0.717) is 5.82 Å². The van der Waals surface area contributed by atoms with Gasteiger partial charge in [-0.05, 0) is 28.1 Å². The van der Waals surface area contributed by atoms with Gasteiger partial charge in [-0.3, -0.25) is 4.79 Å². The summed E-state index contributed by atoms with van der Waals surface area (Å²) in [7, 11) is 0. The number of hydrogen-bond donors (Lipinski definition) is 1. The first-order chi connectivity index (χ1) is 11.8. The summed E-state index contributed by atoms with van der Waals surface area (Å²) in [6, 6.07) is 15.6. The van der Waals surface area contributed by atoms with Crippen LogP contribution in [0.1, 0.15) is 0 Å². The van der Waals surface area contributed by atoms with E-state index in [1.165, 1.54) is 4.80 Å². The molecule has 7 heteroatoms. The van der Waals surface area contributed by atoms with Gasteiger partial charge in [0.15, 0.2) is 0 Å². The molecular weight excluding hydrogens is 322 g/mol. The zero-order valence-electron chi connectivity index (χ0n) is 12.6. The number of nitrogens with zero attached hydrogens (tertiary/aromatic N) is 4. The SMILES string of the molecule is O=C(Cn1nnc(-c2ccsc2)n1)Nc1cccc2ccccc12. The van der Waals surface area contributed by atoms with Gasteiger partial charge in [0.2, 0.25) is 11.7 Å². The van der Waals surface area contributed by atoms with Crippen molar-refractivity contribution in [1.29, 1.82) is 0 Å². The molecule has 0 bridgehead atoms. The molecule has 2 aromatic carbocycles. The Labute approximate surface area is 141 Å². The number of thiophene rings is 1. The number of hydrogen-bond acceptors (Lipinski definition) is 5. The second kappa shape index (κ2) is 6.21. The number of fused-ring (bicyclic) bond motifs is 1. The normalized spacial score (nSPS) is 10.8. The van der Waals surface area contributed by atoms with E-state index in [-0.39, 0.29) is 12.5 Å². The smallest absolute Gasteiger partial charge is 0.248 e. The quantitative estimate of drug-likeness (QED) is 0.621. The van der Waals surface area contributed by atoms with Crippen LogP contribution in [0.5, 0.6) is 0 Å². The highest BCUT2D eigenvalue weighted by atomic mass is 32.1. The highest BCUT2D eigenvalue weighted by molar-refractivity contribution is 7.08. The Hall–Kier alpha value is -3.06. The van der Waals surface area contributed by atoms with E-state index >= 15 is 0 Å². The van der Waals surface area contributed by atoms with Crippen molar-refractivity contribution in [3.63, 3.8) is 0 Å². The molecule has 4 aromatic rings. The Morgan fingerprint density at radius 1 is 1.12 bits per heavy atom. The third-order valence-corrected chi connectivity index (χ3v) is 4.26. The number of aromatic nitrogens is 4. The van der Waals surface area contributed by atoms with Gasteiger partial charge in [0.05, 0.1) is 0 Å². The van der Waals surface area contributed by atoms with Crippen LogP contribution in [0.15, 0.2) is 59.3 Å². The van der Waals surface area contributed by atoms with Crippen molar-refractivity contribution in [3.05, 3.63) is 59.3 Å². The van der Waals surface area contributed by atoms with Crippen LogP contribution in [-0.2, 0) is 11.3 Å². The van der Waals surface area contributed by atoms with Crippen molar-refractivity contribution in [2.75, 3.05) is 5.32 Å². The number of anilines is 1. The van der Waals surface area contributed by atoms with Gasteiger partial charge in [-0.1, -0.05) is 36.4 Å². The summed E-state index contributed by atoms with van der Waals surface area (Å²) in [6.07, 6.45) is 0. The lowest BCUT2D eigenvalue weighted by Crippen LogP contribution is -2.20. The molecule has 118 valence electrons. The fourth-order valence-corrected chi connectivity index (χ4v) is 3.10. The summed E-state index contributed by atoms with van der Waals surface area (Å²) in [6.45, 7) is 0.0142. The maximum atomic E-state index is 12.3. The number of tetrazole rings is 1. The van der Waals surface area contributed by atoms with E-state index in [2.05, 4.69) is 20.7 Å². The third kappa shape index (κ3) is 2.89. The summed E-state index contributed by atoms with van der Waals surface area (Å²) >= 11 is 1.56. The molecule has 1 amide bonds. The Morgan fingerprint density at radius 2 is 2.00 bits per heavy atom. The van der Waals surface area contributed by atoms with Gasteiger partial charge in [-0.15, -0.1) is 10.2 Å². The molecule has 0 unspecified atom stereocenters. The van der Waals surface area contributed by atoms with E-state index in [0.717, 1.165) is 22.0 Å². The molecule has 2 aromatic heterocycles. The monoisotopic (exact) mass is 335 g/mol. The maximum Gasteiger partial charge on any atom is 0.248 e. The zero-order chi connectivity index (χ0) is 16.4. The number of carbonyl (C=O) groups excluding carboxylic acids is 1. The lowest BCUT2D eigenvalue weighted by atomic mass is 10.1. The fourth-order valence-electron chi connectivity index (χ4n) is 2.47. The molecule has 6 nitrogen and oxygen atoms in total. The number of carbonyl (C=O) groups is 1. The Kier molecular flexibility index (Phi) is 3.76. The summed E-state index contributed by atoms with van der Waals surface area (Å²) in [5.41, 5.74) is 1.68. The van der Waals surface area contributed by atoms with Gasteiger partial charge in [0.25, 0.3) is 0 Å². The molecule has 24 heavy (non-hydrogen) atoms. The van der Waals surface area contributed by atoms with Gasteiger partial charge in [0.1, 0.15) is 6.54 Å². The van der Waals surface area contributed by atoms with Crippen LogP contribution in [0.25, 0.3) is 22.2 Å². The summed E-state index contributed by atoms with van der Waals surface area (Å²) < 4.78 is 0. The second-order valence-electron chi connectivity index (χ2n) is 5.23.